The standard InChI is InChI=1S/C27H34FN5O9S2/c1-43-12-11-21(27(38)39)33-26(37)22(14-17-5-3-2-4-6-17)32-24(35)16-30-23(34)15-31-25(36)20(29)13-18-7-9-19(10-8-18)42-44(28,40)41/h2-10,20-22H,11-16,29H2,1H3,(H,30,34)(H,31,36)(H,32,35)(H,33,37)(H,38,39)/t20-,21-,22-/m0/s1. The summed E-state index contributed by atoms with van der Waals surface area (Å²) < 4.78 is 37.8. The maximum Gasteiger partial charge on any atom is 0.488 e. The number of halogens is 1. The molecule has 0 bridgehead atoms. The molecular weight excluding hydrogens is 621 g/mol. The van der Waals surface area contributed by atoms with Crippen LogP contribution in [0.5, 0.6) is 5.75 Å². The molecule has 44 heavy (non-hydrogen) atoms. The van der Waals surface area contributed by atoms with Crippen molar-refractivity contribution < 1.29 is 45.6 Å². The Balaban J connectivity index is 1.87. The first-order valence-corrected chi connectivity index (χ1v) is 15.9. The van der Waals surface area contributed by atoms with E-state index in [4.69, 9.17) is 5.73 Å². The molecule has 0 aliphatic heterocycles. The normalized spacial score (nSPS) is 13.1. The molecule has 0 spiro atoms. The Bertz CT molecular complexity index is 1400. The van der Waals surface area contributed by atoms with Gasteiger partial charge < -0.3 is 36.3 Å². The molecular formula is C27H34FN5O9S2. The van der Waals surface area contributed by atoms with Gasteiger partial charge in [0.25, 0.3) is 0 Å². The molecule has 14 nitrogen and oxygen atoms in total. The molecule has 0 aromatic heterocycles. The summed E-state index contributed by atoms with van der Waals surface area (Å²) in [7, 11) is -5.18. The fourth-order valence-corrected chi connectivity index (χ4v) is 4.56. The Hall–Kier alpha value is -4.22. The number of carbonyl (C=O) groups excluding carboxylic acids is 4. The first kappa shape index (κ1) is 36.0. The number of hydrogen-bond donors (Lipinski definition) is 6. The van der Waals surface area contributed by atoms with Crippen LogP contribution in [0, 0.1) is 0 Å². The van der Waals surface area contributed by atoms with Gasteiger partial charge in [-0.3, -0.25) is 19.2 Å². The summed E-state index contributed by atoms with van der Waals surface area (Å²) >= 11 is 1.43. The largest absolute Gasteiger partial charge is 0.488 e. The second-order valence-electron chi connectivity index (χ2n) is 9.42. The fraction of sp³-hybridized carbons (Fsp3) is 0.370. The zero-order chi connectivity index (χ0) is 32.7. The number of thioether (sulfide) groups is 1. The number of carbonyl (C=O) groups is 5. The highest BCUT2D eigenvalue weighted by molar-refractivity contribution is 7.98. The van der Waals surface area contributed by atoms with E-state index in [9.17, 15) is 41.4 Å². The van der Waals surface area contributed by atoms with Gasteiger partial charge in [-0.15, -0.1) is 0 Å². The number of carboxylic acids is 1. The number of benzene rings is 2. The monoisotopic (exact) mass is 655 g/mol. The molecule has 7 N–H and O–H groups in total. The molecule has 2 aromatic carbocycles. The van der Waals surface area contributed by atoms with Gasteiger partial charge in [0.15, 0.2) is 0 Å². The third-order valence-electron chi connectivity index (χ3n) is 5.94. The molecule has 0 aliphatic rings. The quantitative estimate of drug-likeness (QED) is 0.112. The maximum absolute atomic E-state index is 13.0. The van der Waals surface area contributed by atoms with Crippen LogP contribution in [0.15, 0.2) is 54.6 Å². The van der Waals surface area contributed by atoms with Crippen LogP contribution in [0.1, 0.15) is 17.5 Å². The minimum absolute atomic E-state index is 0.00337. The molecule has 0 radical (unpaired) electrons. The Morgan fingerprint density at radius 1 is 0.864 bits per heavy atom. The molecule has 0 heterocycles. The number of carboxylic acid groups (broad SMARTS) is 1. The summed E-state index contributed by atoms with van der Waals surface area (Å²) in [5.74, 6) is -3.80. The summed E-state index contributed by atoms with van der Waals surface area (Å²) in [4.78, 5) is 61.7. The van der Waals surface area contributed by atoms with Crippen molar-refractivity contribution in [3.63, 3.8) is 0 Å². The van der Waals surface area contributed by atoms with Crippen LogP contribution in [0.25, 0.3) is 0 Å². The van der Waals surface area contributed by atoms with Crippen LogP contribution >= 0.6 is 11.8 Å². The average Bonchev–Trinajstić information content (AvgIpc) is 2.97. The molecule has 240 valence electrons. The first-order valence-electron chi connectivity index (χ1n) is 13.2. The van der Waals surface area contributed by atoms with E-state index in [2.05, 4.69) is 25.5 Å². The Kier molecular flexibility index (Phi) is 14.5. The lowest BCUT2D eigenvalue weighted by atomic mass is 10.0. The van der Waals surface area contributed by atoms with Gasteiger partial charge in [0, 0.05) is 6.42 Å². The molecule has 0 saturated heterocycles. The average molecular weight is 656 g/mol. The van der Waals surface area contributed by atoms with Crippen LogP contribution in [0.4, 0.5) is 3.89 Å². The van der Waals surface area contributed by atoms with Crippen molar-refractivity contribution in [1.82, 2.24) is 21.3 Å². The summed E-state index contributed by atoms with van der Waals surface area (Å²) in [6, 6.07) is 10.5. The van der Waals surface area contributed by atoms with Gasteiger partial charge in [0.1, 0.15) is 17.8 Å². The fourth-order valence-electron chi connectivity index (χ4n) is 3.75. The zero-order valence-electron chi connectivity index (χ0n) is 23.7. The Morgan fingerprint density at radius 2 is 1.48 bits per heavy atom. The van der Waals surface area contributed by atoms with Gasteiger partial charge in [-0.05, 0) is 48.1 Å². The van der Waals surface area contributed by atoms with Gasteiger partial charge in [-0.2, -0.15) is 20.2 Å². The topological polar surface area (TPSA) is 223 Å². The number of nitrogens with two attached hydrogens (primary N) is 1. The van der Waals surface area contributed by atoms with Gasteiger partial charge >= 0.3 is 16.5 Å². The third kappa shape index (κ3) is 13.8. The zero-order valence-corrected chi connectivity index (χ0v) is 25.3. The molecule has 4 amide bonds. The van der Waals surface area contributed by atoms with E-state index in [-0.39, 0.29) is 25.0 Å². The number of aliphatic carboxylic acids is 1. The molecule has 0 fully saturated rings. The lowest BCUT2D eigenvalue weighted by Crippen LogP contribution is -2.54. The van der Waals surface area contributed by atoms with Crippen molar-refractivity contribution in [2.75, 3.05) is 25.1 Å². The second-order valence-corrected chi connectivity index (χ2v) is 11.4. The van der Waals surface area contributed by atoms with Crippen LogP contribution in [-0.4, -0.2) is 86.3 Å². The summed E-state index contributed by atoms with van der Waals surface area (Å²) in [5.41, 5.74) is 7.07. The van der Waals surface area contributed by atoms with Crippen LogP contribution in [0.2, 0.25) is 0 Å². The highest BCUT2D eigenvalue weighted by Crippen LogP contribution is 2.16. The van der Waals surface area contributed by atoms with Gasteiger partial charge in [0.2, 0.25) is 23.6 Å². The predicted octanol–water partition coefficient (Wildman–Crippen LogP) is -0.568. The Labute approximate surface area is 258 Å². The lowest BCUT2D eigenvalue weighted by Gasteiger charge is -2.22. The number of hydrogen-bond acceptors (Lipinski definition) is 10. The molecule has 3 atom stereocenters. The molecule has 2 rings (SSSR count). The summed E-state index contributed by atoms with van der Waals surface area (Å²) in [6.07, 6.45) is 2.07. The minimum atomic E-state index is -5.18. The summed E-state index contributed by atoms with van der Waals surface area (Å²) in [5, 5.41) is 19.1. The predicted molar refractivity (Wildman–Crippen MR) is 159 cm³/mol. The number of amides is 4. The highest BCUT2D eigenvalue weighted by atomic mass is 32.3. The molecule has 0 aliphatic carbocycles. The van der Waals surface area contributed by atoms with Crippen molar-refractivity contribution >= 4 is 51.9 Å². The van der Waals surface area contributed by atoms with Crippen molar-refractivity contribution in [3.05, 3.63) is 65.7 Å². The lowest BCUT2D eigenvalue weighted by molar-refractivity contribution is -0.142. The summed E-state index contributed by atoms with van der Waals surface area (Å²) in [6.45, 7) is -1.04. The van der Waals surface area contributed by atoms with E-state index in [1.807, 2.05) is 0 Å². The van der Waals surface area contributed by atoms with Crippen molar-refractivity contribution in [3.8, 4) is 5.75 Å². The minimum Gasteiger partial charge on any atom is -0.480 e. The van der Waals surface area contributed by atoms with Gasteiger partial charge in [-0.1, -0.05) is 46.4 Å². The van der Waals surface area contributed by atoms with E-state index in [0.717, 1.165) is 0 Å². The van der Waals surface area contributed by atoms with E-state index in [0.29, 0.717) is 16.9 Å². The Morgan fingerprint density at radius 3 is 2.07 bits per heavy atom. The van der Waals surface area contributed by atoms with E-state index in [1.54, 1.807) is 36.6 Å². The molecule has 0 unspecified atom stereocenters. The van der Waals surface area contributed by atoms with Gasteiger partial charge in [-0.25, -0.2) is 4.79 Å². The van der Waals surface area contributed by atoms with Crippen molar-refractivity contribution in [1.29, 1.82) is 0 Å². The van der Waals surface area contributed by atoms with Crippen LogP contribution in [-0.2, 0) is 47.3 Å². The number of nitrogens with one attached hydrogen (secondary N) is 4. The van der Waals surface area contributed by atoms with E-state index < -0.39 is 71.3 Å². The van der Waals surface area contributed by atoms with Crippen molar-refractivity contribution in [2.24, 2.45) is 5.73 Å². The first-order chi connectivity index (χ1) is 20.8. The van der Waals surface area contributed by atoms with E-state index in [1.165, 1.54) is 36.0 Å². The van der Waals surface area contributed by atoms with Crippen molar-refractivity contribution in [2.45, 2.75) is 37.4 Å². The maximum atomic E-state index is 13.0. The second kappa shape index (κ2) is 17.8. The van der Waals surface area contributed by atoms with Crippen LogP contribution in [0.3, 0.4) is 0 Å². The molecule has 17 heteroatoms. The van der Waals surface area contributed by atoms with E-state index >= 15 is 0 Å². The molecule has 2 aromatic rings. The third-order valence-corrected chi connectivity index (χ3v) is 6.98. The smallest absolute Gasteiger partial charge is 0.480 e. The highest BCUT2D eigenvalue weighted by Gasteiger charge is 2.27. The number of rotatable bonds is 18. The SMILES string of the molecule is CSCC[C@H](NC(=O)[C@H](Cc1ccccc1)NC(=O)CNC(=O)CNC(=O)[C@@H](N)Cc1ccc(OS(=O)(=O)F)cc1)C(=O)O. The molecule has 0 saturated carbocycles. The van der Waals surface area contributed by atoms with Crippen LogP contribution < -0.4 is 31.2 Å². The van der Waals surface area contributed by atoms with Gasteiger partial charge in [0.05, 0.1) is 19.1 Å².